The van der Waals surface area contributed by atoms with Gasteiger partial charge in [0.2, 0.25) is 5.91 Å². The van der Waals surface area contributed by atoms with Crippen LogP contribution in [0.2, 0.25) is 0 Å². The van der Waals surface area contributed by atoms with E-state index in [9.17, 15) is 24.0 Å². The molecule has 0 spiro atoms. The molecule has 0 bridgehead atoms. The van der Waals surface area contributed by atoms with Crippen LogP contribution < -0.4 is 14.8 Å². The summed E-state index contributed by atoms with van der Waals surface area (Å²) in [7, 11) is 3.13. The molecule has 5 aromatic rings. The van der Waals surface area contributed by atoms with Gasteiger partial charge in [-0.05, 0) is 64.8 Å². The molecule has 2 N–H and O–H groups in total. The van der Waals surface area contributed by atoms with Gasteiger partial charge >= 0.3 is 11.9 Å². The van der Waals surface area contributed by atoms with Crippen molar-refractivity contribution in [3.8, 4) is 33.8 Å². The van der Waals surface area contributed by atoms with E-state index in [4.69, 9.17) is 42.5 Å². The normalized spacial score (nSPS) is 11.3. The van der Waals surface area contributed by atoms with Crippen molar-refractivity contribution in [2.24, 2.45) is 0 Å². The number of aliphatic carboxylic acids is 1. The van der Waals surface area contributed by atoms with Crippen molar-refractivity contribution in [2.75, 3.05) is 26.1 Å². The second kappa shape index (κ2) is 28.4. The number of benzene rings is 5. The quantitative estimate of drug-likeness (QED) is 0.0492. The number of carboxylic acid groups (broad SMARTS) is 1. The van der Waals surface area contributed by atoms with Crippen LogP contribution in [0.1, 0.15) is 43.4 Å². The average Bonchev–Trinajstić information content (AvgIpc) is 3.28. The van der Waals surface area contributed by atoms with Gasteiger partial charge in [0.15, 0.2) is 10.2 Å². The summed E-state index contributed by atoms with van der Waals surface area (Å²) in [5.74, 6) is -0.336. The number of halogens is 2. The molecule has 0 fully saturated rings. The van der Waals surface area contributed by atoms with Crippen LogP contribution in [0.5, 0.6) is 11.5 Å². The number of esters is 1. The van der Waals surface area contributed by atoms with Crippen molar-refractivity contribution in [3.63, 3.8) is 0 Å². The van der Waals surface area contributed by atoms with Gasteiger partial charge in [-0.3, -0.25) is 24.0 Å². The Balaban J connectivity index is 0.000000358. The van der Waals surface area contributed by atoms with E-state index in [1.165, 1.54) is 21.0 Å². The van der Waals surface area contributed by atoms with E-state index < -0.39 is 22.4 Å². The van der Waals surface area contributed by atoms with Crippen molar-refractivity contribution >= 4 is 74.8 Å². The third-order valence-electron chi connectivity index (χ3n) is 8.84. The lowest BCUT2D eigenvalue weighted by Gasteiger charge is -2.16. The first-order valence-electron chi connectivity index (χ1n) is 19.5. The number of carbonyl (C=O) groups is 5. The van der Waals surface area contributed by atoms with E-state index in [0.29, 0.717) is 49.4 Å². The van der Waals surface area contributed by atoms with Crippen molar-refractivity contribution < 1.29 is 43.3 Å². The van der Waals surface area contributed by atoms with Crippen molar-refractivity contribution in [1.82, 2.24) is 5.32 Å². The van der Waals surface area contributed by atoms with Crippen LogP contribution in [0.15, 0.2) is 127 Å². The smallest absolute Gasteiger partial charge is 0.320 e. The van der Waals surface area contributed by atoms with Gasteiger partial charge in [-0.1, -0.05) is 133 Å². The molecule has 0 aromatic heterocycles. The molecule has 0 aliphatic carbocycles. The molecule has 0 heterocycles. The van der Waals surface area contributed by atoms with Crippen molar-refractivity contribution in [2.45, 2.75) is 56.6 Å². The molecule has 2 atom stereocenters. The second-order valence-electron chi connectivity index (χ2n) is 13.4. The first kappa shape index (κ1) is 51.1. The molecule has 0 saturated heterocycles. The molecule has 1 amide bonds. The predicted octanol–water partition coefficient (Wildman–Crippen LogP) is 10.3. The zero-order valence-corrected chi connectivity index (χ0v) is 38.2. The molecule has 0 aliphatic heterocycles. The van der Waals surface area contributed by atoms with Gasteiger partial charge in [-0.25, -0.2) is 0 Å². The number of alkyl halides is 2. The van der Waals surface area contributed by atoms with E-state index in [1.807, 2.05) is 109 Å². The summed E-state index contributed by atoms with van der Waals surface area (Å²) in [6.45, 7) is 3.22. The van der Waals surface area contributed by atoms with Crippen LogP contribution in [-0.4, -0.2) is 69.8 Å². The zero-order valence-electron chi connectivity index (χ0n) is 35.0. The number of carboxylic acids is 1. The van der Waals surface area contributed by atoms with Crippen LogP contribution in [0.25, 0.3) is 22.3 Å². The highest BCUT2D eigenvalue weighted by atomic mass is 35.5. The molecule has 10 nitrogen and oxygen atoms in total. The molecule has 1 unspecified atom stereocenters. The van der Waals surface area contributed by atoms with Crippen LogP contribution in [-0.2, 0) is 48.2 Å². The molecule has 0 aliphatic rings. The SMILES string of the molecule is CC(=O)S[C@H](Cc1ccc(-c2ccccc2)cc1)C(=O)O.CNC(=O)CCCOc1ccc(COC(=O)C(Cc2ccc(-c3ccccc3)cc2)SC(C)=O)c(OC)c1.ClCCl. The fraction of sp³-hybridized carbons (Fsp3) is 0.271. The monoisotopic (exact) mass is 919 g/mol. The molecule has 328 valence electrons. The van der Waals surface area contributed by atoms with E-state index in [-0.39, 0.29) is 28.1 Å². The minimum atomic E-state index is -0.956. The number of hydrogen-bond donors (Lipinski definition) is 2. The number of thioether (sulfide) groups is 2. The van der Waals surface area contributed by atoms with Gasteiger partial charge in [0.1, 0.15) is 28.6 Å². The summed E-state index contributed by atoms with van der Waals surface area (Å²) in [6.07, 6.45) is 1.69. The molecule has 14 heteroatoms. The Labute approximate surface area is 382 Å². The number of methoxy groups -OCH3 is 1. The van der Waals surface area contributed by atoms with Crippen molar-refractivity contribution in [1.29, 1.82) is 0 Å². The lowest BCUT2D eigenvalue weighted by atomic mass is 10.0. The standard InChI is InChI=1S/C30H33NO6S.C17H16O3S.CH2Cl2/c1-21(32)38-28(18-22-11-13-24(14-12-22)23-8-5-4-6-9-23)30(34)37-20-25-15-16-26(19-27(25)35-3)36-17-7-10-29(33)31-2;1-12(18)21-16(17(19)20)11-13-7-9-15(10-8-13)14-5-3-2-4-6-14;2-1-3/h4-6,8-9,11-16,19,28H,7,10,17-18,20H2,1-3H3,(H,31,33);2-10,16H,11H2,1H3,(H,19,20);1H2/t;16-;/m.1./s1. The maximum Gasteiger partial charge on any atom is 0.320 e. The molecular formula is C48H51Cl2NO9S2. The summed E-state index contributed by atoms with van der Waals surface area (Å²) < 4.78 is 16.8. The Hall–Kier alpha value is -5.27. The Morgan fingerprint density at radius 3 is 1.60 bits per heavy atom. The van der Waals surface area contributed by atoms with Gasteiger partial charge < -0.3 is 24.6 Å². The number of carbonyl (C=O) groups excluding carboxylic acids is 4. The zero-order chi connectivity index (χ0) is 45.3. The number of amides is 1. The highest BCUT2D eigenvalue weighted by Crippen LogP contribution is 2.28. The average molecular weight is 921 g/mol. The van der Waals surface area contributed by atoms with E-state index in [1.54, 1.807) is 25.2 Å². The maximum absolute atomic E-state index is 13.0. The van der Waals surface area contributed by atoms with Gasteiger partial charge in [0, 0.05) is 38.9 Å². The third kappa shape index (κ3) is 18.8. The van der Waals surface area contributed by atoms with Crippen LogP contribution in [0, 0.1) is 0 Å². The fourth-order valence-corrected chi connectivity index (χ4v) is 7.45. The Morgan fingerprint density at radius 1 is 0.677 bits per heavy atom. The number of rotatable bonds is 18. The molecule has 62 heavy (non-hydrogen) atoms. The minimum Gasteiger partial charge on any atom is -0.496 e. The summed E-state index contributed by atoms with van der Waals surface area (Å²) in [5, 5.41) is 10.2. The predicted molar refractivity (Wildman–Crippen MR) is 251 cm³/mol. The van der Waals surface area contributed by atoms with Crippen molar-refractivity contribution in [3.05, 3.63) is 144 Å². The summed E-state index contributed by atoms with van der Waals surface area (Å²) in [4.78, 5) is 58.4. The van der Waals surface area contributed by atoms with E-state index in [0.717, 1.165) is 56.9 Å². The molecule has 5 rings (SSSR count). The van der Waals surface area contributed by atoms with Crippen LogP contribution >= 0.6 is 46.7 Å². The highest BCUT2D eigenvalue weighted by molar-refractivity contribution is 8.14. The lowest BCUT2D eigenvalue weighted by molar-refractivity contribution is -0.144. The first-order valence-corrected chi connectivity index (χ1v) is 22.3. The largest absolute Gasteiger partial charge is 0.496 e. The van der Waals surface area contributed by atoms with E-state index in [2.05, 4.69) is 5.32 Å². The Morgan fingerprint density at radius 2 is 1.15 bits per heavy atom. The Bertz CT molecular complexity index is 2160. The fourth-order valence-electron chi connectivity index (χ4n) is 5.83. The van der Waals surface area contributed by atoms with E-state index >= 15 is 0 Å². The second-order valence-corrected chi connectivity index (χ2v) is 16.9. The lowest BCUT2D eigenvalue weighted by Crippen LogP contribution is -2.24. The first-order chi connectivity index (χ1) is 29.9. The van der Waals surface area contributed by atoms with Gasteiger partial charge in [-0.2, -0.15) is 0 Å². The molecular weight excluding hydrogens is 870 g/mol. The third-order valence-corrected chi connectivity index (χ3v) is 10.8. The highest BCUT2D eigenvalue weighted by Gasteiger charge is 2.24. The molecule has 5 aromatic carbocycles. The van der Waals surface area contributed by atoms with Gasteiger partial charge in [-0.15, -0.1) is 23.2 Å². The maximum atomic E-state index is 13.0. The van der Waals surface area contributed by atoms with Crippen LogP contribution in [0.3, 0.4) is 0 Å². The number of ether oxygens (including phenoxy) is 3. The topological polar surface area (TPSA) is 145 Å². The van der Waals surface area contributed by atoms with Gasteiger partial charge in [0.05, 0.1) is 19.1 Å². The Kier molecular flexibility index (Phi) is 23.4. The number of nitrogens with one attached hydrogen (secondary N) is 1. The molecule has 0 radical (unpaired) electrons. The minimum absolute atomic E-state index is 0.000861. The summed E-state index contributed by atoms with van der Waals surface area (Å²) in [5.41, 5.74) is 6.94. The summed E-state index contributed by atoms with van der Waals surface area (Å²) >= 11 is 11.4. The van der Waals surface area contributed by atoms with Gasteiger partial charge in [0.25, 0.3) is 0 Å². The summed E-state index contributed by atoms with van der Waals surface area (Å²) in [6, 6.07) is 41.0. The number of hydrogen-bond acceptors (Lipinski definition) is 10. The molecule has 0 saturated carbocycles. The van der Waals surface area contributed by atoms with Crippen LogP contribution in [0.4, 0.5) is 0 Å².